The summed E-state index contributed by atoms with van der Waals surface area (Å²) in [6, 6.07) is 9.92. The molecule has 0 bridgehead atoms. The van der Waals surface area contributed by atoms with E-state index in [2.05, 4.69) is 4.98 Å². The molecule has 0 spiro atoms. The van der Waals surface area contributed by atoms with Gasteiger partial charge in [-0.3, -0.25) is 0 Å². The van der Waals surface area contributed by atoms with Crippen molar-refractivity contribution in [2.24, 2.45) is 0 Å². The third-order valence-corrected chi connectivity index (χ3v) is 2.92. The zero-order chi connectivity index (χ0) is 14.8. The highest BCUT2D eigenvalue weighted by molar-refractivity contribution is 6.29. The van der Waals surface area contributed by atoms with E-state index in [1.54, 1.807) is 0 Å². The van der Waals surface area contributed by atoms with Crippen molar-refractivity contribution < 1.29 is 13.2 Å². The minimum atomic E-state index is -4.47. The first kappa shape index (κ1) is 14.4. The summed E-state index contributed by atoms with van der Waals surface area (Å²) in [4.78, 5) is 3.94. The Morgan fingerprint density at radius 2 is 1.80 bits per heavy atom. The topological polar surface area (TPSA) is 36.7 Å². The molecular weight excluding hydrogens is 289 g/mol. The zero-order valence-electron chi connectivity index (χ0n) is 10.1. The fraction of sp³-hybridized carbons (Fsp3) is 0.143. The van der Waals surface area contributed by atoms with Gasteiger partial charge in [-0.15, -0.1) is 0 Å². The van der Waals surface area contributed by atoms with E-state index in [9.17, 15) is 13.2 Å². The monoisotopic (exact) mass is 296 g/mol. The molecule has 0 aliphatic rings. The van der Waals surface area contributed by atoms with Crippen LogP contribution >= 0.6 is 11.6 Å². The summed E-state index contributed by atoms with van der Waals surface area (Å²) < 4.78 is 39.1. The van der Waals surface area contributed by atoms with Gasteiger partial charge < -0.3 is 0 Å². The molecule has 0 N–H and O–H groups in total. The van der Waals surface area contributed by atoms with E-state index in [-0.39, 0.29) is 28.4 Å². The van der Waals surface area contributed by atoms with Gasteiger partial charge in [-0.2, -0.15) is 18.4 Å². The number of alkyl halides is 3. The Morgan fingerprint density at radius 3 is 2.45 bits per heavy atom. The van der Waals surface area contributed by atoms with Crippen LogP contribution in [0.25, 0.3) is 11.1 Å². The van der Waals surface area contributed by atoms with Crippen molar-refractivity contribution in [1.82, 2.24) is 4.98 Å². The SMILES string of the molecule is N#CCc1nc(Cl)ccc1-c1ccccc1C(F)(F)F. The maximum Gasteiger partial charge on any atom is 0.417 e. The Balaban J connectivity index is 2.67. The van der Waals surface area contributed by atoms with Crippen molar-refractivity contribution >= 4 is 11.6 Å². The number of halogens is 4. The van der Waals surface area contributed by atoms with Crippen LogP contribution in [0.4, 0.5) is 13.2 Å². The lowest BCUT2D eigenvalue weighted by Crippen LogP contribution is -2.08. The fourth-order valence-electron chi connectivity index (χ4n) is 1.89. The summed E-state index contributed by atoms with van der Waals surface area (Å²) in [5.74, 6) is 0. The summed E-state index contributed by atoms with van der Waals surface area (Å²) in [6.45, 7) is 0. The molecule has 0 fully saturated rings. The Kier molecular flexibility index (Phi) is 3.96. The smallest absolute Gasteiger partial charge is 0.239 e. The first-order valence-corrected chi connectivity index (χ1v) is 6.00. The minimum Gasteiger partial charge on any atom is -0.239 e. The van der Waals surface area contributed by atoms with Crippen LogP contribution in [0, 0.1) is 11.3 Å². The van der Waals surface area contributed by atoms with Crippen molar-refractivity contribution in [2.45, 2.75) is 12.6 Å². The van der Waals surface area contributed by atoms with Crippen molar-refractivity contribution in [2.75, 3.05) is 0 Å². The van der Waals surface area contributed by atoms with Crippen molar-refractivity contribution in [3.8, 4) is 17.2 Å². The van der Waals surface area contributed by atoms with E-state index in [1.807, 2.05) is 6.07 Å². The third kappa shape index (κ3) is 2.91. The lowest BCUT2D eigenvalue weighted by atomic mass is 9.97. The van der Waals surface area contributed by atoms with E-state index in [4.69, 9.17) is 16.9 Å². The lowest BCUT2D eigenvalue weighted by Gasteiger charge is -2.14. The second kappa shape index (κ2) is 5.51. The molecule has 2 nitrogen and oxygen atoms in total. The van der Waals surface area contributed by atoms with Crippen molar-refractivity contribution in [1.29, 1.82) is 5.26 Å². The van der Waals surface area contributed by atoms with Gasteiger partial charge >= 0.3 is 6.18 Å². The highest BCUT2D eigenvalue weighted by Crippen LogP contribution is 2.38. The number of hydrogen-bond donors (Lipinski definition) is 0. The van der Waals surface area contributed by atoms with Gasteiger partial charge in [-0.05, 0) is 23.8 Å². The highest BCUT2D eigenvalue weighted by atomic mass is 35.5. The van der Waals surface area contributed by atoms with Crippen LogP contribution in [-0.2, 0) is 12.6 Å². The van der Waals surface area contributed by atoms with Gasteiger partial charge in [0.15, 0.2) is 0 Å². The molecule has 0 aliphatic heterocycles. The molecule has 6 heteroatoms. The molecule has 20 heavy (non-hydrogen) atoms. The summed E-state index contributed by atoms with van der Waals surface area (Å²) in [5, 5.41) is 8.90. The van der Waals surface area contributed by atoms with Crippen LogP contribution in [0.3, 0.4) is 0 Å². The van der Waals surface area contributed by atoms with E-state index in [0.717, 1.165) is 6.07 Å². The zero-order valence-corrected chi connectivity index (χ0v) is 10.8. The normalized spacial score (nSPS) is 11.2. The Bertz CT molecular complexity index is 675. The third-order valence-electron chi connectivity index (χ3n) is 2.71. The molecule has 2 aromatic rings. The maximum atomic E-state index is 13.0. The summed E-state index contributed by atoms with van der Waals surface area (Å²) in [6.07, 6.45) is -4.58. The summed E-state index contributed by atoms with van der Waals surface area (Å²) in [7, 11) is 0. The molecule has 0 saturated heterocycles. The van der Waals surface area contributed by atoms with Crippen LogP contribution in [0.15, 0.2) is 36.4 Å². The molecule has 0 radical (unpaired) electrons. The average molecular weight is 297 g/mol. The molecule has 1 aromatic carbocycles. The van der Waals surface area contributed by atoms with Gasteiger partial charge in [0, 0.05) is 5.56 Å². The molecule has 0 amide bonds. The predicted octanol–water partition coefficient (Wildman–Crippen LogP) is 4.49. The minimum absolute atomic E-state index is 0.00517. The molecule has 1 aromatic heterocycles. The lowest BCUT2D eigenvalue weighted by molar-refractivity contribution is -0.137. The standard InChI is InChI=1S/C14H8ClF3N2/c15-13-6-5-10(12(20-13)7-8-19)9-3-1-2-4-11(9)14(16,17)18/h1-6H,7H2. The fourth-order valence-corrected chi connectivity index (χ4v) is 2.06. The number of pyridine rings is 1. The van der Waals surface area contributed by atoms with Crippen LogP contribution in [0.1, 0.15) is 11.3 Å². The average Bonchev–Trinajstić information content (AvgIpc) is 2.38. The van der Waals surface area contributed by atoms with Crippen LogP contribution in [-0.4, -0.2) is 4.98 Å². The van der Waals surface area contributed by atoms with Crippen LogP contribution < -0.4 is 0 Å². The molecule has 102 valence electrons. The largest absolute Gasteiger partial charge is 0.417 e. The molecule has 2 rings (SSSR count). The molecular formula is C14H8ClF3N2. The van der Waals surface area contributed by atoms with Gasteiger partial charge in [0.2, 0.25) is 0 Å². The van der Waals surface area contributed by atoms with Gasteiger partial charge in [-0.1, -0.05) is 29.8 Å². The molecule has 1 heterocycles. The van der Waals surface area contributed by atoms with Gasteiger partial charge in [0.1, 0.15) is 5.15 Å². The number of aromatic nitrogens is 1. The number of nitrogens with zero attached hydrogens (tertiary/aromatic N) is 2. The highest BCUT2D eigenvalue weighted by Gasteiger charge is 2.33. The maximum absolute atomic E-state index is 13.0. The van der Waals surface area contributed by atoms with E-state index < -0.39 is 11.7 Å². The number of benzene rings is 1. The second-order valence-electron chi connectivity index (χ2n) is 4.01. The predicted molar refractivity (Wildman–Crippen MR) is 69.0 cm³/mol. The number of rotatable bonds is 2. The van der Waals surface area contributed by atoms with Crippen molar-refractivity contribution in [3.63, 3.8) is 0 Å². The van der Waals surface area contributed by atoms with E-state index >= 15 is 0 Å². The first-order chi connectivity index (χ1) is 9.43. The van der Waals surface area contributed by atoms with Crippen LogP contribution in [0.2, 0.25) is 5.15 Å². The molecule has 0 atom stereocenters. The van der Waals surface area contributed by atoms with Gasteiger partial charge in [0.05, 0.1) is 23.7 Å². The first-order valence-electron chi connectivity index (χ1n) is 5.62. The van der Waals surface area contributed by atoms with Crippen LogP contribution in [0.5, 0.6) is 0 Å². The van der Waals surface area contributed by atoms with Gasteiger partial charge in [0.25, 0.3) is 0 Å². The van der Waals surface area contributed by atoms with E-state index in [0.29, 0.717) is 0 Å². The summed E-state index contributed by atoms with van der Waals surface area (Å²) >= 11 is 5.73. The van der Waals surface area contributed by atoms with Crippen molar-refractivity contribution in [3.05, 3.63) is 52.8 Å². The second-order valence-corrected chi connectivity index (χ2v) is 4.39. The van der Waals surface area contributed by atoms with E-state index in [1.165, 1.54) is 30.3 Å². The number of hydrogen-bond acceptors (Lipinski definition) is 2. The Labute approximate surface area is 118 Å². The Morgan fingerprint density at radius 1 is 1.10 bits per heavy atom. The quantitative estimate of drug-likeness (QED) is 0.766. The molecule has 0 aliphatic carbocycles. The summed E-state index contributed by atoms with van der Waals surface area (Å²) in [5.41, 5.74) is -0.265. The Hall–Kier alpha value is -2.06. The van der Waals surface area contributed by atoms with Gasteiger partial charge in [-0.25, -0.2) is 4.98 Å². The number of nitriles is 1. The molecule has 0 unspecified atom stereocenters. The molecule has 0 saturated carbocycles.